The summed E-state index contributed by atoms with van der Waals surface area (Å²) in [5.74, 6) is -2.78. The Morgan fingerprint density at radius 1 is 1.18 bits per heavy atom. The van der Waals surface area contributed by atoms with Gasteiger partial charge < -0.3 is 14.7 Å². The van der Waals surface area contributed by atoms with E-state index in [2.05, 4.69) is 26.5 Å². The molecule has 11 heteroatoms. The highest BCUT2D eigenvalue weighted by molar-refractivity contribution is 6.02. The van der Waals surface area contributed by atoms with Gasteiger partial charge in [0.1, 0.15) is 5.65 Å². The third kappa shape index (κ3) is 5.42. The van der Waals surface area contributed by atoms with Gasteiger partial charge in [0.25, 0.3) is 11.8 Å². The number of fused-ring (bicyclic) bond motifs is 1. The van der Waals surface area contributed by atoms with E-state index in [4.69, 9.17) is 4.52 Å². The van der Waals surface area contributed by atoms with Crippen molar-refractivity contribution in [2.24, 2.45) is 0 Å². The zero-order valence-corrected chi connectivity index (χ0v) is 18.3. The number of alkyl halides is 2. The molecule has 2 amide bonds. The molecule has 1 aliphatic rings. The van der Waals surface area contributed by atoms with Crippen LogP contribution in [0.4, 0.5) is 14.5 Å². The Labute approximate surface area is 193 Å². The molecular weight excluding hydrogens is 446 g/mol. The first-order chi connectivity index (χ1) is 16.3. The molecule has 0 saturated carbocycles. The average Bonchev–Trinajstić information content (AvgIpc) is 3.50. The molecule has 0 aromatic carbocycles. The van der Waals surface area contributed by atoms with Gasteiger partial charge in [0.05, 0.1) is 30.0 Å². The van der Waals surface area contributed by atoms with Crippen molar-refractivity contribution in [2.45, 2.75) is 25.7 Å². The number of hydrogen-bond donors (Lipinski definition) is 1. The van der Waals surface area contributed by atoms with Crippen LogP contribution in [0.3, 0.4) is 0 Å². The molecule has 0 radical (unpaired) electrons. The Morgan fingerprint density at radius 2 is 1.97 bits per heavy atom. The minimum absolute atomic E-state index is 0.143. The normalized spacial score (nSPS) is 14.9. The molecule has 5 heterocycles. The molecule has 0 spiro atoms. The van der Waals surface area contributed by atoms with Crippen molar-refractivity contribution in [1.82, 2.24) is 24.6 Å². The smallest absolute Gasteiger partial charge is 0.294 e. The fraction of sp³-hybridized carbons (Fsp3) is 0.261. The molecule has 9 nitrogen and oxygen atoms in total. The minimum atomic E-state index is -2.54. The Kier molecular flexibility index (Phi) is 6.62. The van der Waals surface area contributed by atoms with Gasteiger partial charge in [-0.3, -0.25) is 19.1 Å². The molecule has 0 atom stereocenters. The summed E-state index contributed by atoms with van der Waals surface area (Å²) in [6.07, 6.45) is 8.69. The second-order valence-electron chi connectivity index (χ2n) is 7.87. The Balaban J connectivity index is 0.000000231. The standard InChI is InChI=1S/C17H13N5O2.C6H9F2NO/c1-11-6-12-3-5-22(16(12)19-8-11)14-7-13(9-18-10-14)21-17(23)15-2-4-20-24-15;7-6(8)1-3-9(5-10)4-2-6/h2-10H,1H3,(H,21,23);5H,1-4H2. The summed E-state index contributed by atoms with van der Waals surface area (Å²) in [6.45, 7) is 2.39. The maximum Gasteiger partial charge on any atom is 0.294 e. The van der Waals surface area contributed by atoms with Gasteiger partial charge in [0, 0.05) is 49.8 Å². The average molecular weight is 468 g/mol. The molecule has 0 unspecified atom stereocenters. The number of amides is 2. The second-order valence-corrected chi connectivity index (χ2v) is 7.87. The summed E-state index contributed by atoms with van der Waals surface area (Å²) >= 11 is 0. The number of carbonyl (C=O) groups excluding carboxylic acids is 2. The number of aromatic nitrogens is 4. The number of hydrogen-bond acceptors (Lipinski definition) is 6. The highest BCUT2D eigenvalue weighted by atomic mass is 19.3. The number of piperidine rings is 1. The molecule has 1 N–H and O–H groups in total. The minimum Gasteiger partial charge on any atom is -0.351 e. The lowest BCUT2D eigenvalue weighted by atomic mass is 10.1. The maximum absolute atomic E-state index is 12.4. The highest BCUT2D eigenvalue weighted by Crippen LogP contribution is 2.26. The fourth-order valence-corrected chi connectivity index (χ4v) is 3.45. The zero-order valence-electron chi connectivity index (χ0n) is 18.3. The van der Waals surface area contributed by atoms with Crippen LogP contribution >= 0.6 is 0 Å². The van der Waals surface area contributed by atoms with Crippen LogP contribution in [0.15, 0.2) is 59.8 Å². The van der Waals surface area contributed by atoms with E-state index in [1.54, 1.807) is 12.4 Å². The number of likely N-dealkylation sites (tertiary alicyclic amines) is 1. The largest absolute Gasteiger partial charge is 0.351 e. The monoisotopic (exact) mass is 468 g/mol. The van der Waals surface area contributed by atoms with Crippen molar-refractivity contribution >= 4 is 29.0 Å². The van der Waals surface area contributed by atoms with Crippen LogP contribution in [-0.2, 0) is 4.79 Å². The van der Waals surface area contributed by atoms with Crippen LogP contribution in [-0.4, -0.2) is 55.9 Å². The van der Waals surface area contributed by atoms with Gasteiger partial charge in [-0.25, -0.2) is 13.8 Å². The second kappa shape index (κ2) is 9.77. The van der Waals surface area contributed by atoms with E-state index in [9.17, 15) is 18.4 Å². The number of pyridine rings is 2. The molecule has 1 fully saturated rings. The lowest BCUT2D eigenvalue weighted by Crippen LogP contribution is -2.38. The van der Waals surface area contributed by atoms with Crippen LogP contribution in [0, 0.1) is 6.92 Å². The molecular formula is C23H22F2N6O3. The van der Waals surface area contributed by atoms with Crippen molar-refractivity contribution in [3.8, 4) is 5.69 Å². The zero-order chi connectivity index (χ0) is 24.1. The Bertz CT molecular complexity index is 1280. The first kappa shape index (κ1) is 23.0. The van der Waals surface area contributed by atoms with E-state index in [1.165, 1.54) is 17.2 Å². The number of halogens is 2. The fourth-order valence-electron chi connectivity index (χ4n) is 3.45. The number of aryl methyl sites for hydroxylation is 1. The molecule has 176 valence electrons. The Hall–Kier alpha value is -4.15. The first-order valence-corrected chi connectivity index (χ1v) is 10.5. The van der Waals surface area contributed by atoms with Crippen LogP contribution in [0.1, 0.15) is 29.0 Å². The SMILES string of the molecule is Cc1cnc2c(ccn2-c2cncc(NC(=O)c3ccno3)c2)c1.O=CN1CCC(F)(F)CC1. The van der Waals surface area contributed by atoms with Crippen molar-refractivity contribution in [3.05, 3.63) is 66.6 Å². The Morgan fingerprint density at radius 3 is 2.68 bits per heavy atom. The van der Waals surface area contributed by atoms with E-state index < -0.39 is 5.92 Å². The number of anilines is 1. The predicted molar refractivity (Wildman–Crippen MR) is 120 cm³/mol. The van der Waals surface area contributed by atoms with E-state index in [0.717, 1.165) is 22.3 Å². The molecule has 4 aromatic rings. The number of nitrogens with one attached hydrogen (secondary N) is 1. The number of carbonyl (C=O) groups is 2. The van der Waals surface area contributed by atoms with Gasteiger partial charge in [0.2, 0.25) is 12.2 Å². The summed E-state index contributed by atoms with van der Waals surface area (Å²) in [5, 5.41) is 7.30. The lowest BCUT2D eigenvalue weighted by molar-refractivity contribution is -0.124. The van der Waals surface area contributed by atoms with Crippen LogP contribution < -0.4 is 5.32 Å². The molecule has 34 heavy (non-hydrogen) atoms. The summed E-state index contributed by atoms with van der Waals surface area (Å²) in [6, 6.07) is 7.39. The summed E-state index contributed by atoms with van der Waals surface area (Å²) in [7, 11) is 0. The van der Waals surface area contributed by atoms with Crippen LogP contribution in [0.2, 0.25) is 0 Å². The van der Waals surface area contributed by atoms with Gasteiger partial charge in [-0.15, -0.1) is 0 Å². The topological polar surface area (TPSA) is 106 Å². The third-order valence-electron chi connectivity index (χ3n) is 5.26. The van der Waals surface area contributed by atoms with E-state index >= 15 is 0 Å². The number of rotatable bonds is 4. The van der Waals surface area contributed by atoms with Crippen molar-refractivity contribution in [3.63, 3.8) is 0 Å². The van der Waals surface area contributed by atoms with Gasteiger partial charge >= 0.3 is 0 Å². The van der Waals surface area contributed by atoms with E-state index in [-0.39, 0.29) is 37.6 Å². The summed E-state index contributed by atoms with van der Waals surface area (Å²) in [5.41, 5.74) is 3.30. The van der Waals surface area contributed by atoms with Gasteiger partial charge in [-0.2, -0.15) is 0 Å². The van der Waals surface area contributed by atoms with Crippen molar-refractivity contribution in [1.29, 1.82) is 0 Å². The van der Waals surface area contributed by atoms with Crippen LogP contribution in [0.5, 0.6) is 0 Å². The molecule has 1 saturated heterocycles. The van der Waals surface area contributed by atoms with E-state index in [1.807, 2.05) is 36.0 Å². The molecule has 0 aliphatic carbocycles. The first-order valence-electron chi connectivity index (χ1n) is 10.5. The lowest BCUT2D eigenvalue weighted by Gasteiger charge is -2.28. The highest BCUT2D eigenvalue weighted by Gasteiger charge is 2.33. The van der Waals surface area contributed by atoms with Gasteiger partial charge in [-0.05, 0) is 30.7 Å². The third-order valence-corrected chi connectivity index (χ3v) is 5.26. The predicted octanol–water partition coefficient (Wildman–Crippen LogP) is 3.84. The van der Waals surface area contributed by atoms with Crippen molar-refractivity contribution in [2.75, 3.05) is 18.4 Å². The van der Waals surface area contributed by atoms with Gasteiger partial charge in [0.15, 0.2) is 0 Å². The quantitative estimate of drug-likeness (QED) is 0.456. The summed E-state index contributed by atoms with van der Waals surface area (Å²) < 4.78 is 31.5. The van der Waals surface area contributed by atoms with E-state index in [0.29, 0.717) is 12.1 Å². The maximum atomic E-state index is 12.4. The van der Waals surface area contributed by atoms with Crippen LogP contribution in [0.25, 0.3) is 16.7 Å². The molecule has 1 aliphatic heterocycles. The number of nitrogens with zero attached hydrogens (tertiary/aromatic N) is 5. The van der Waals surface area contributed by atoms with Gasteiger partial charge in [-0.1, -0.05) is 5.16 Å². The van der Waals surface area contributed by atoms with Crippen molar-refractivity contribution < 1.29 is 22.9 Å². The molecule has 0 bridgehead atoms. The molecule has 5 rings (SSSR count). The summed E-state index contributed by atoms with van der Waals surface area (Å²) in [4.78, 5) is 32.1. The molecule has 4 aromatic heterocycles.